The zero-order valence-corrected chi connectivity index (χ0v) is 11.7. The van der Waals surface area contributed by atoms with Gasteiger partial charge in [0, 0.05) is 29.8 Å². The van der Waals surface area contributed by atoms with Crippen molar-refractivity contribution in [2.24, 2.45) is 0 Å². The second-order valence-corrected chi connectivity index (χ2v) is 7.94. The molecule has 1 heterocycles. The van der Waals surface area contributed by atoms with Crippen LogP contribution in [0.5, 0.6) is 0 Å². The van der Waals surface area contributed by atoms with Crippen LogP contribution in [0.25, 0.3) is 0 Å². The monoisotopic (exact) mass is 270 g/mol. The van der Waals surface area contributed by atoms with Crippen LogP contribution in [-0.4, -0.2) is 25.0 Å². The van der Waals surface area contributed by atoms with E-state index in [9.17, 15) is 4.57 Å². The third kappa shape index (κ3) is 2.35. The van der Waals surface area contributed by atoms with Gasteiger partial charge in [0.25, 0.3) is 0 Å². The van der Waals surface area contributed by atoms with Gasteiger partial charge in [0.05, 0.1) is 0 Å². The summed E-state index contributed by atoms with van der Waals surface area (Å²) in [6.07, 6.45) is 2.83. The lowest BCUT2D eigenvalue weighted by Crippen LogP contribution is -2.37. The molecule has 92 valence electrons. The first kappa shape index (κ1) is 12.9. The molecule has 2 unspecified atom stereocenters. The van der Waals surface area contributed by atoms with E-state index in [4.69, 9.17) is 16.3 Å². The van der Waals surface area contributed by atoms with E-state index >= 15 is 0 Å². The first-order chi connectivity index (χ1) is 8.00. The average molecular weight is 271 g/mol. The highest BCUT2D eigenvalue weighted by Crippen LogP contribution is 2.53. The Kier molecular flexibility index (Phi) is 3.49. The summed E-state index contributed by atoms with van der Waals surface area (Å²) < 4.78 is 18.4. The summed E-state index contributed by atoms with van der Waals surface area (Å²) in [4.78, 5) is 0. The Morgan fingerprint density at radius 1 is 1.35 bits per heavy atom. The summed E-state index contributed by atoms with van der Waals surface area (Å²) in [5.74, 6) is 0. The van der Waals surface area contributed by atoms with Crippen molar-refractivity contribution >= 4 is 24.0 Å². The third-order valence-corrected chi connectivity index (χ3v) is 6.99. The number of halogens is 1. The Hall–Kier alpha value is -0.560. The Morgan fingerprint density at radius 3 is 2.59 bits per heavy atom. The van der Waals surface area contributed by atoms with Gasteiger partial charge in [0.1, 0.15) is 12.7 Å². The molecule has 4 heteroatoms. The first-order valence-electron chi connectivity index (χ1n) is 5.55. The van der Waals surface area contributed by atoms with E-state index in [2.05, 4.69) is 0 Å². The SMILES string of the molecule is COC1(C)CP(=O)(c2ccccc2)CC=C1Cl. The molecule has 1 aliphatic heterocycles. The largest absolute Gasteiger partial charge is 0.372 e. The minimum Gasteiger partial charge on any atom is -0.372 e. The molecule has 17 heavy (non-hydrogen) atoms. The van der Waals surface area contributed by atoms with Crippen molar-refractivity contribution in [1.29, 1.82) is 0 Å². The fourth-order valence-corrected chi connectivity index (χ4v) is 5.54. The minimum atomic E-state index is -2.43. The van der Waals surface area contributed by atoms with Gasteiger partial charge >= 0.3 is 0 Å². The van der Waals surface area contributed by atoms with Crippen molar-refractivity contribution in [2.45, 2.75) is 12.5 Å². The normalized spacial score (nSPS) is 33.2. The van der Waals surface area contributed by atoms with Crippen molar-refractivity contribution in [2.75, 3.05) is 19.4 Å². The highest BCUT2D eigenvalue weighted by molar-refractivity contribution is 7.71. The van der Waals surface area contributed by atoms with Gasteiger partial charge in [-0.15, -0.1) is 0 Å². The van der Waals surface area contributed by atoms with Crippen LogP contribution in [0.2, 0.25) is 0 Å². The summed E-state index contributed by atoms with van der Waals surface area (Å²) in [5.41, 5.74) is -0.620. The molecule has 0 bridgehead atoms. The molecule has 2 nitrogen and oxygen atoms in total. The van der Waals surface area contributed by atoms with Gasteiger partial charge in [-0.05, 0) is 6.92 Å². The van der Waals surface area contributed by atoms with Gasteiger partial charge in [-0.3, -0.25) is 0 Å². The molecule has 0 N–H and O–H groups in total. The van der Waals surface area contributed by atoms with Gasteiger partial charge in [-0.1, -0.05) is 48.0 Å². The maximum Gasteiger partial charge on any atom is 0.122 e. The molecular weight excluding hydrogens is 255 g/mol. The number of allylic oxidation sites excluding steroid dienone is 1. The predicted octanol–water partition coefficient (Wildman–Crippen LogP) is 3.22. The van der Waals surface area contributed by atoms with Crippen LogP contribution in [0.15, 0.2) is 41.4 Å². The van der Waals surface area contributed by atoms with E-state index in [0.29, 0.717) is 17.4 Å². The van der Waals surface area contributed by atoms with Crippen LogP contribution < -0.4 is 5.30 Å². The van der Waals surface area contributed by atoms with Crippen LogP contribution in [0.1, 0.15) is 6.92 Å². The van der Waals surface area contributed by atoms with Crippen LogP contribution in [-0.2, 0) is 9.30 Å². The second-order valence-electron chi connectivity index (χ2n) is 4.55. The quantitative estimate of drug-likeness (QED) is 0.772. The van der Waals surface area contributed by atoms with Gasteiger partial charge in [0.15, 0.2) is 0 Å². The average Bonchev–Trinajstić information content (AvgIpc) is 2.36. The lowest BCUT2D eigenvalue weighted by molar-refractivity contribution is 0.0629. The lowest BCUT2D eigenvalue weighted by Gasteiger charge is -2.35. The van der Waals surface area contributed by atoms with Crippen molar-refractivity contribution < 1.29 is 9.30 Å². The topological polar surface area (TPSA) is 26.3 Å². The number of benzene rings is 1. The van der Waals surface area contributed by atoms with Crippen molar-refractivity contribution in [3.8, 4) is 0 Å². The van der Waals surface area contributed by atoms with Crippen LogP contribution in [0, 0.1) is 0 Å². The predicted molar refractivity (Wildman–Crippen MR) is 72.8 cm³/mol. The van der Waals surface area contributed by atoms with Gasteiger partial charge < -0.3 is 9.30 Å². The Labute approximate surface area is 107 Å². The molecule has 0 fully saturated rings. The zero-order valence-electron chi connectivity index (χ0n) is 10.0. The van der Waals surface area contributed by atoms with Crippen LogP contribution in [0.3, 0.4) is 0 Å². The number of ether oxygens (including phenoxy) is 1. The van der Waals surface area contributed by atoms with Crippen molar-refractivity contribution in [1.82, 2.24) is 0 Å². The highest BCUT2D eigenvalue weighted by Gasteiger charge is 2.41. The summed E-state index contributed by atoms with van der Waals surface area (Å²) in [6, 6.07) is 9.60. The molecule has 0 aliphatic carbocycles. The maximum absolute atomic E-state index is 13.0. The molecule has 0 saturated heterocycles. The molecule has 1 aromatic rings. The molecule has 0 spiro atoms. The van der Waals surface area contributed by atoms with Crippen molar-refractivity contribution in [3.05, 3.63) is 41.4 Å². The van der Waals surface area contributed by atoms with Gasteiger partial charge in [-0.2, -0.15) is 0 Å². The Balaban J connectivity index is 2.41. The molecule has 0 amide bonds. The van der Waals surface area contributed by atoms with E-state index in [1.165, 1.54) is 0 Å². The molecule has 0 radical (unpaired) electrons. The van der Waals surface area contributed by atoms with E-state index in [-0.39, 0.29) is 0 Å². The Bertz CT molecular complexity index is 483. The summed E-state index contributed by atoms with van der Waals surface area (Å²) in [6.45, 7) is 1.89. The third-order valence-electron chi connectivity index (χ3n) is 3.31. The number of rotatable bonds is 2. The van der Waals surface area contributed by atoms with E-state index in [1.54, 1.807) is 7.11 Å². The van der Waals surface area contributed by atoms with E-state index in [0.717, 1.165) is 5.30 Å². The van der Waals surface area contributed by atoms with E-state index in [1.807, 2.05) is 43.3 Å². The van der Waals surface area contributed by atoms with Gasteiger partial charge in [0.2, 0.25) is 0 Å². The Morgan fingerprint density at radius 2 is 2.00 bits per heavy atom. The molecular formula is C13H16ClO2P. The smallest absolute Gasteiger partial charge is 0.122 e. The molecule has 1 aromatic carbocycles. The number of hydrogen-bond donors (Lipinski definition) is 0. The summed E-state index contributed by atoms with van der Waals surface area (Å²) in [7, 11) is -0.819. The molecule has 0 saturated carbocycles. The number of hydrogen-bond acceptors (Lipinski definition) is 2. The molecule has 1 aliphatic rings. The molecule has 2 atom stereocenters. The summed E-state index contributed by atoms with van der Waals surface area (Å²) in [5, 5.41) is 1.56. The van der Waals surface area contributed by atoms with Gasteiger partial charge in [-0.25, -0.2) is 0 Å². The number of methoxy groups -OCH3 is 1. The van der Waals surface area contributed by atoms with Crippen LogP contribution in [0.4, 0.5) is 0 Å². The second kappa shape index (κ2) is 4.61. The zero-order chi connectivity index (χ0) is 12.5. The molecule has 0 aromatic heterocycles. The fourth-order valence-electron chi connectivity index (χ4n) is 2.13. The van der Waals surface area contributed by atoms with Crippen molar-refractivity contribution in [3.63, 3.8) is 0 Å². The summed E-state index contributed by atoms with van der Waals surface area (Å²) >= 11 is 6.15. The first-order valence-corrected chi connectivity index (χ1v) is 8.01. The van der Waals surface area contributed by atoms with Crippen LogP contribution >= 0.6 is 18.7 Å². The van der Waals surface area contributed by atoms with E-state index < -0.39 is 12.7 Å². The standard InChI is InChI=1S/C13H16ClO2P/c1-13(16-2)10-17(15,9-8-12(13)14)11-6-4-3-5-7-11/h3-8H,9-10H2,1-2H3. The fraction of sp³-hybridized carbons (Fsp3) is 0.385. The minimum absolute atomic E-state index is 0.468. The maximum atomic E-state index is 13.0. The highest BCUT2D eigenvalue weighted by atomic mass is 35.5. The lowest BCUT2D eigenvalue weighted by atomic mass is 10.1. The molecule has 2 rings (SSSR count).